The van der Waals surface area contributed by atoms with E-state index in [4.69, 9.17) is 5.73 Å². The Kier molecular flexibility index (Phi) is 4.77. The number of non-ortho nitro benzene ring substituents is 1. The summed E-state index contributed by atoms with van der Waals surface area (Å²) in [5.74, 6) is 0. The first-order valence-electron chi connectivity index (χ1n) is 5.38. The molecule has 0 saturated carbocycles. The summed E-state index contributed by atoms with van der Waals surface area (Å²) >= 11 is 0. The van der Waals surface area contributed by atoms with Crippen molar-refractivity contribution in [2.24, 2.45) is 5.73 Å². The zero-order valence-corrected chi connectivity index (χ0v) is 10.6. The fraction of sp³-hybridized carbons (Fsp3) is 0.455. The Labute approximate surface area is 103 Å². The van der Waals surface area contributed by atoms with Gasteiger partial charge in [0.1, 0.15) is 0 Å². The fourth-order valence-electron chi connectivity index (χ4n) is 1.41. The zero-order chi connectivity index (χ0) is 13.0. The molecule has 0 spiro atoms. The molecular weight excluding hydrogens is 240 g/mol. The van der Waals surface area contributed by atoms with Gasteiger partial charge in [0.15, 0.2) is 0 Å². The molecule has 6 heteroatoms. The van der Waals surface area contributed by atoms with Gasteiger partial charge in [-0.2, -0.15) is 0 Å². The van der Waals surface area contributed by atoms with E-state index >= 15 is 0 Å². The molecule has 94 valence electrons. The summed E-state index contributed by atoms with van der Waals surface area (Å²) in [5.41, 5.74) is 5.83. The Bertz CT molecular complexity index is 419. The minimum Gasteiger partial charge on any atom is -0.327 e. The van der Waals surface area contributed by atoms with Gasteiger partial charge < -0.3 is 5.73 Å². The van der Waals surface area contributed by atoms with Crippen LogP contribution in [0.2, 0.25) is 0 Å². The number of nitro benzene ring substituents is 1. The number of rotatable bonds is 5. The first-order valence-corrected chi connectivity index (χ1v) is 6.59. The van der Waals surface area contributed by atoms with Crippen molar-refractivity contribution < 1.29 is 9.13 Å². The standard InChI is InChI=1S/C11H16N2O3S/c1-3-11(12)8(2)17(16)10-6-4-9(5-7-10)13(14)15/h4-8,11H,3,12H2,1-2H3. The molecule has 0 bridgehead atoms. The summed E-state index contributed by atoms with van der Waals surface area (Å²) in [4.78, 5) is 10.6. The average Bonchev–Trinajstić information content (AvgIpc) is 2.36. The van der Waals surface area contributed by atoms with Crippen LogP contribution in [0.3, 0.4) is 0 Å². The molecule has 0 aromatic heterocycles. The molecule has 2 N–H and O–H groups in total. The van der Waals surface area contributed by atoms with E-state index in [0.717, 1.165) is 6.42 Å². The van der Waals surface area contributed by atoms with Crippen LogP contribution in [0.4, 0.5) is 5.69 Å². The van der Waals surface area contributed by atoms with Crippen LogP contribution >= 0.6 is 0 Å². The van der Waals surface area contributed by atoms with E-state index in [9.17, 15) is 14.3 Å². The number of nitrogens with zero attached hydrogens (tertiary/aromatic N) is 1. The first kappa shape index (κ1) is 13.8. The molecule has 0 fully saturated rings. The monoisotopic (exact) mass is 256 g/mol. The Morgan fingerprint density at radius 3 is 2.35 bits per heavy atom. The van der Waals surface area contributed by atoms with Crippen molar-refractivity contribution in [2.75, 3.05) is 0 Å². The highest BCUT2D eigenvalue weighted by molar-refractivity contribution is 7.85. The third-order valence-corrected chi connectivity index (χ3v) is 4.45. The molecule has 0 amide bonds. The van der Waals surface area contributed by atoms with Crippen molar-refractivity contribution in [3.63, 3.8) is 0 Å². The zero-order valence-electron chi connectivity index (χ0n) is 9.83. The van der Waals surface area contributed by atoms with Crippen LogP contribution in [0.25, 0.3) is 0 Å². The number of nitrogens with two attached hydrogens (primary N) is 1. The Hall–Kier alpha value is -1.27. The number of benzene rings is 1. The van der Waals surface area contributed by atoms with Gasteiger partial charge in [0, 0.05) is 23.1 Å². The van der Waals surface area contributed by atoms with E-state index in [0.29, 0.717) is 4.90 Å². The lowest BCUT2D eigenvalue weighted by Gasteiger charge is -2.17. The molecule has 3 unspecified atom stereocenters. The molecule has 0 aliphatic carbocycles. The van der Waals surface area contributed by atoms with Gasteiger partial charge in [0.2, 0.25) is 0 Å². The maximum atomic E-state index is 12.1. The molecular formula is C11H16N2O3S. The van der Waals surface area contributed by atoms with E-state index < -0.39 is 15.7 Å². The van der Waals surface area contributed by atoms with Crippen LogP contribution in [0, 0.1) is 10.1 Å². The summed E-state index contributed by atoms with van der Waals surface area (Å²) in [7, 11) is -1.23. The van der Waals surface area contributed by atoms with Gasteiger partial charge in [0.05, 0.1) is 21.0 Å². The lowest BCUT2D eigenvalue weighted by Crippen LogP contribution is -2.34. The van der Waals surface area contributed by atoms with Crippen LogP contribution in [-0.4, -0.2) is 20.4 Å². The predicted molar refractivity (Wildman–Crippen MR) is 67.2 cm³/mol. The maximum absolute atomic E-state index is 12.1. The van der Waals surface area contributed by atoms with Crippen LogP contribution in [0.5, 0.6) is 0 Å². The molecule has 0 radical (unpaired) electrons. The van der Waals surface area contributed by atoms with Gasteiger partial charge >= 0.3 is 0 Å². The molecule has 0 saturated heterocycles. The van der Waals surface area contributed by atoms with E-state index in [-0.39, 0.29) is 17.0 Å². The predicted octanol–water partition coefficient (Wildman–Crippen LogP) is 1.83. The Morgan fingerprint density at radius 1 is 1.41 bits per heavy atom. The third kappa shape index (κ3) is 3.34. The summed E-state index contributed by atoms with van der Waals surface area (Å²) < 4.78 is 12.1. The molecule has 0 aliphatic rings. The summed E-state index contributed by atoms with van der Waals surface area (Å²) in [6.45, 7) is 3.76. The number of nitro groups is 1. The molecule has 1 aromatic rings. The largest absolute Gasteiger partial charge is 0.327 e. The van der Waals surface area contributed by atoms with Crippen molar-refractivity contribution in [3.8, 4) is 0 Å². The molecule has 1 rings (SSSR count). The lowest BCUT2D eigenvalue weighted by molar-refractivity contribution is -0.384. The maximum Gasteiger partial charge on any atom is 0.269 e. The smallest absolute Gasteiger partial charge is 0.269 e. The minimum atomic E-state index is -1.23. The normalized spacial score (nSPS) is 16.2. The van der Waals surface area contributed by atoms with E-state index in [1.807, 2.05) is 13.8 Å². The second-order valence-corrected chi connectivity index (χ2v) is 5.64. The molecule has 17 heavy (non-hydrogen) atoms. The van der Waals surface area contributed by atoms with Crippen molar-refractivity contribution in [1.29, 1.82) is 0 Å². The highest BCUT2D eigenvalue weighted by Crippen LogP contribution is 2.18. The van der Waals surface area contributed by atoms with Gasteiger partial charge in [-0.25, -0.2) is 0 Å². The van der Waals surface area contributed by atoms with Crippen molar-refractivity contribution in [1.82, 2.24) is 0 Å². The number of hydrogen-bond donors (Lipinski definition) is 1. The van der Waals surface area contributed by atoms with Gasteiger partial charge in [-0.3, -0.25) is 14.3 Å². The Morgan fingerprint density at radius 2 is 1.94 bits per heavy atom. The van der Waals surface area contributed by atoms with Crippen LogP contribution in [-0.2, 0) is 10.8 Å². The second kappa shape index (κ2) is 5.88. The van der Waals surface area contributed by atoms with E-state index in [1.165, 1.54) is 24.3 Å². The van der Waals surface area contributed by atoms with Crippen LogP contribution in [0.15, 0.2) is 29.2 Å². The lowest BCUT2D eigenvalue weighted by atomic mass is 10.2. The fourth-order valence-corrected chi connectivity index (χ4v) is 2.75. The third-order valence-electron chi connectivity index (χ3n) is 2.69. The highest BCUT2D eigenvalue weighted by atomic mass is 32.2. The topological polar surface area (TPSA) is 86.2 Å². The van der Waals surface area contributed by atoms with Crippen molar-refractivity contribution in [3.05, 3.63) is 34.4 Å². The molecule has 3 atom stereocenters. The van der Waals surface area contributed by atoms with Crippen molar-refractivity contribution >= 4 is 16.5 Å². The quantitative estimate of drug-likeness (QED) is 0.643. The molecule has 5 nitrogen and oxygen atoms in total. The van der Waals surface area contributed by atoms with Gasteiger partial charge in [-0.1, -0.05) is 6.92 Å². The molecule has 0 aliphatic heterocycles. The van der Waals surface area contributed by atoms with Crippen LogP contribution < -0.4 is 5.73 Å². The van der Waals surface area contributed by atoms with E-state index in [2.05, 4.69) is 0 Å². The first-order chi connectivity index (χ1) is 7.97. The van der Waals surface area contributed by atoms with Gasteiger partial charge in [0.25, 0.3) is 5.69 Å². The SMILES string of the molecule is CCC(N)C(C)S(=O)c1ccc([N+](=O)[O-])cc1. The average molecular weight is 256 g/mol. The van der Waals surface area contributed by atoms with Gasteiger partial charge in [-0.05, 0) is 25.5 Å². The van der Waals surface area contributed by atoms with Crippen LogP contribution in [0.1, 0.15) is 20.3 Å². The van der Waals surface area contributed by atoms with Gasteiger partial charge in [-0.15, -0.1) is 0 Å². The van der Waals surface area contributed by atoms with Crippen molar-refractivity contribution in [2.45, 2.75) is 36.5 Å². The highest BCUT2D eigenvalue weighted by Gasteiger charge is 2.19. The second-order valence-electron chi connectivity index (χ2n) is 3.83. The molecule has 1 aromatic carbocycles. The van der Waals surface area contributed by atoms with E-state index in [1.54, 1.807) is 0 Å². The summed E-state index contributed by atoms with van der Waals surface area (Å²) in [6, 6.07) is 5.63. The molecule has 0 heterocycles. The number of hydrogen-bond acceptors (Lipinski definition) is 4. The minimum absolute atomic E-state index is 0.00167. The summed E-state index contributed by atoms with van der Waals surface area (Å²) in [6.07, 6.45) is 0.750. The Balaban J connectivity index is 2.86. The summed E-state index contributed by atoms with van der Waals surface area (Å²) in [5, 5.41) is 10.3.